The Morgan fingerprint density at radius 3 is 1.73 bits per heavy atom. The van der Waals surface area contributed by atoms with Crippen LogP contribution in [0.25, 0.3) is 10.9 Å². The van der Waals surface area contributed by atoms with Gasteiger partial charge in [0.2, 0.25) is 0 Å². The van der Waals surface area contributed by atoms with Crippen LogP contribution >= 0.6 is 0 Å². The van der Waals surface area contributed by atoms with Crippen LogP contribution in [0.5, 0.6) is 0 Å². The molecule has 2 N–H and O–H groups in total. The molecule has 300 valence electrons. The summed E-state index contributed by atoms with van der Waals surface area (Å²) in [6, 6.07) is 12.7. The summed E-state index contributed by atoms with van der Waals surface area (Å²) in [5, 5.41) is 15.9. The molecule has 3 aromatic rings. The number of ether oxygens (including phenoxy) is 5. The third-order valence-electron chi connectivity index (χ3n) is 8.89. The molecular weight excluding hydrogens is 710 g/mol. The summed E-state index contributed by atoms with van der Waals surface area (Å²) >= 11 is 0. The molecule has 1 aliphatic heterocycles. The Balaban J connectivity index is 1.95. The maximum Gasteiger partial charge on any atom is 0.311 e. The van der Waals surface area contributed by atoms with Crippen LogP contribution in [0.4, 0.5) is 5.69 Å². The highest BCUT2D eigenvalue weighted by Crippen LogP contribution is 2.37. The number of aromatic amines is 1. The fourth-order valence-electron chi connectivity index (χ4n) is 5.51. The van der Waals surface area contributed by atoms with E-state index in [1.54, 1.807) is 101 Å². The predicted octanol–water partition coefficient (Wildman–Crippen LogP) is 6.94. The molecular formula is C41H55N3O11. The number of hydrogen-bond acceptors (Lipinski definition) is 12. The van der Waals surface area contributed by atoms with Gasteiger partial charge in [-0.15, -0.1) is 0 Å². The topological polar surface area (TPSA) is 185 Å². The van der Waals surface area contributed by atoms with Crippen LogP contribution in [-0.2, 0) is 42.9 Å². The van der Waals surface area contributed by atoms with Gasteiger partial charge in [-0.25, -0.2) is 0 Å². The SMILES string of the molecule is CC(C)(C)C(=O)OC[C@H]1O[C@@H](NC(c2ccc([N+](=O)[O-])cc2)c2c[nH]c3ccccc23)[C@H](OC(=O)C(C)(C)C)[C@@H](OC(=O)C(C)(C)C)[C@H]1OC(=O)C(C)(C)C. The molecule has 0 spiro atoms. The van der Waals surface area contributed by atoms with Crippen LogP contribution in [0, 0.1) is 31.8 Å². The first-order valence-corrected chi connectivity index (χ1v) is 18.3. The summed E-state index contributed by atoms with van der Waals surface area (Å²) in [4.78, 5) is 68.6. The molecule has 4 rings (SSSR count). The van der Waals surface area contributed by atoms with E-state index in [1.807, 2.05) is 24.3 Å². The summed E-state index contributed by atoms with van der Waals surface area (Å²) in [6.45, 7) is 19.5. The number of hydrogen-bond donors (Lipinski definition) is 2. The van der Waals surface area contributed by atoms with Crippen molar-refractivity contribution in [2.75, 3.05) is 6.61 Å². The van der Waals surface area contributed by atoms with E-state index >= 15 is 0 Å². The van der Waals surface area contributed by atoms with E-state index in [-0.39, 0.29) is 5.69 Å². The smallest absolute Gasteiger partial charge is 0.311 e. The molecule has 1 aliphatic rings. The van der Waals surface area contributed by atoms with Crippen molar-refractivity contribution in [3.05, 3.63) is 76.0 Å². The van der Waals surface area contributed by atoms with Gasteiger partial charge in [0, 0.05) is 29.2 Å². The van der Waals surface area contributed by atoms with E-state index in [4.69, 9.17) is 23.7 Å². The van der Waals surface area contributed by atoms with Crippen LogP contribution < -0.4 is 5.32 Å². The van der Waals surface area contributed by atoms with E-state index in [0.717, 1.165) is 10.9 Å². The van der Waals surface area contributed by atoms with Crippen molar-refractivity contribution in [2.24, 2.45) is 21.7 Å². The molecule has 0 radical (unpaired) electrons. The zero-order chi connectivity index (χ0) is 41.3. The van der Waals surface area contributed by atoms with E-state index in [1.165, 1.54) is 12.1 Å². The Kier molecular flexibility index (Phi) is 12.6. The molecule has 0 saturated carbocycles. The zero-order valence-electron chi connectivity index (χ0n) is 33.8. The van der Waals surface area contributed by atoms with Gasteiger partial charge in [-0.2, -0.15) is 0 Å². The predicted molar refractivity (Wildman–Crippen MR) is 203 cm³/mol. The molecule has 2 heterocycles. The number of non-ortho nitro benzene ring substituents is 1. The molecule has 1 saturated heterocycles. The summed E-state index contributed by atoms with van der Waals surface area (Å²) in [5.74, 6) is -2.57. The lowest BCUT2D eigenvalue weighted by molar-refractivity contribution is -0.384. The van der Waals surface area contributed by atoms with Gasteiger partial charge < -0.3 is 28.7 Å². The van der Waals surface area contributed by atoms with Crippen LogP contribution in [0.2, 0.25) is 0 Å². The number of rotatable bonds is 10. The molecule has 1 fully saturated rings. The maximum absolute atomic E-state index is 13.8. The van der Waals surface area contributed by atoms with Gasteiger partial charge in [-0.05, 0) is 100 Å². The van der Waals surface area contributed by atoms with Gasteiger partial charge >= 0.3 is 23.9 Å². The molecule has 2 aromatic carbocycles. The first kappa shape index (κ1) is 42.9. The second-order valence-electron chi connectivity index (χ2n) is 18.0. The molecule has 14 heteroatoms. The van der Waals surface area contributed by atoms with Crippen LogP contribution in [-0.4, -0.2) is 71.0 Å². The van der Waals surface area contributed by atoms with Gasteiger partial charge in [0.25, 0.3) is 5.69 Å². The highest BCUT2D eigenvalue weighted by atomic mass is 16.7. The number of nitrogens with zero attached hydrogens (tertiary/aromatic N) is 1. The molecule has 1 unspecified atom stereocenters. The minimum Gasteiger partial charge on any atom is -0.462 e. The van der Waals surface area contributed by atoms with Crippen molar-refractivity contribution in [1.82, 2.24) is 10.3 Å². The Labute approximate surface area is 322 Å². The number of para-hydroxylation sites is 1. The fourth-order valence-corrected chi connectivity index (χ4v) is 5.51. The van der Waals surface area contributed by atoms with Gasteiger partial charge in [0.1, 0.15) is 12.7 Å². The maximum atomic E-state index is 13.8. The fraction of sp³-hybridized carbons (Fsp3) is 0.561. The number of aromatic nitrogens is 1. The third kappa shape index (κ3) is 10.5. The van der Waals surface area contributed by atoms with Gasteiger partial charge in [-0.3, -0.25) is 34.6 Å². The second kappa shape index (κ2) is 16.1. The Morgan fingerprint density at radius 2 is 1.22 bits per heavy atom. The third-order valence-corrected chi connectivity index (χ3v) is 8.89. The zero-order valence-corrected chi connectivity index (χ0v) is 33.8. The largest absolute Gasteiger partial charge is 0.462 e. The summed E-state index contributed by atoms with van der Waals surface area (Å²) in [5.41, 5.74) is -2.01. The number of benzene rings is 2. The first-order valence-electron chi connectivity index (χ1n) is 18.3. The number of carbonyl (C=O) groups excluding carboxylic acids is 4. The lowest BCUT2D eigenvalue weighted by atomic mass is 9.91. The lowest BCUT2D eigenvalue weighted by Gasteiger charge is -2.47. The number of H-pyrrole nitrogens is 1. The average molecular weight is 766 g/mol. The van der Waals surface area contributed by atoms with E-state index < -0.39 is 93.8 Å². The van der Waals surface area contributed by atoms with Crippen molar-refractivity contribution in [3.63, 3.8) is 0 Å². The van der Waals surface area contributed by atoms with Crippen LogP contribution in [0.15, 0.2) is 54.7 Å². The van der Waals surface area contributed by atoms with Crippen molar-refractivity contribution in [1.29, 1.82) is 0 Å². The molecule has 6 atom stereocenters. The number of esters is 4. The average Bonchev–Trinajstić information content (AvgIpc) is 3.50. The monoisotopic (exact) mass is 765 g/mol. The highest BCUT2D eigenvalue weighted by Gasteiger charge is 2.55. The Hall–Kier alpha value is -4.82. The lowest BCUT2D eigenvalue weighted by Crippen LogP contribution is -2.67. The summed E-state index contributed by atoms with van der Waals surface area (Å²) in [7, 11) is 0. The number of fused-ring (bicyclic) bond motifs is 1. The van der Waals surface area contributed by atoms with Crippen molar-refractivity contribution >= 4 is 40.5 Å². The van der Waals surface area contributed by atoms with E-state index in [2.05, 4.69) is 10.3 Å². The number of nitro benzene ring substituents is 1. The minimum absolute atomic E-state index is 0.120. The molecule has 0 aliphatic carbocycles. The van der Waals surface area contributed by atoms with Crippen LogP contribution in [0.1, 0.15) is 100 Å². The standard InChI is InChI=1S/C41H55N3O11/c1-38(2,3)34(45)51-22-28-30(53-35(46)39(4,5)6)31(54-36(47)40(7,8)9)32(55-37(48)41(10,11)12)33(52-28)43-29(23-17-19-24(20-18-23)44(49)50)26-21-42-27-16-14-13-15-25(26)27/h13-21,28-33,42-43H,22H2,1-12H3/t28-,29?,30+,31+,32-,33-/m1/s1. The summed E-state index contributed by atoms with van der Waals surface area (Å²) < 4.78 is 30.9. The van der Waals surface area contributed by atoms with Gasteiger partial charge in [0.15, 0.2) is 24.5 Å². The Bertz CT molecular complexity index is 1870. The molecule has 55 heavy (non-hydrogen) atoms. The molecule has 1 aromatic heterocycles. The highest BCUT2D eigenvalue weighted by molar-refractivity contribution is 5.84. The minimum atomic E-state index is -1.46. The Morgan fingerprint density at radius 1 is 0.727 bits per heavy atom. The quantitative estimate of drug-likeness (QED) is 0.0939. The summed E-state index contributed by atoms with van der Waals surface area (Å²) in [6.07, 6.45) is -5.06. The normalized spacial score (nSPS) is 21.3. The molecule has 0 bridgehead atoms. The molecule has 0 amide bonds. The van der Waals surface area contributed by atoms with Gasteiger partial charge in [-0.1, -0.05) is 30.3 Å². The van der Waals surface area contributed by atoms with E-state index in [9.17, 15) is 29.3 Å². The van der Waals surface area contributed by atoms with E-state index in [0.29, 0.717) is 11.1 Å². The van der Waals surface area contributed by atoms with Gasteiger partial charge in [0.05, 0.1) is 32.6 Å². The number of carbonyl (C=O) groups is 4. The number of nitro groups is 1. The molecule has 14 nitrogen and oxygen atoms in total. The van der Waals surface area contributed by atoms with Crippen molar-refractivity contribution in [2.45, 2.75) is 120 Å². The van der Waals surface area contributed by atoms with Crippen LogP contribution in [0.3, 0.4) is 0 Å². The first-order chi connectivity index (χ1) is 25.3. The van der Waals surface area contributed by atoms with Crippen molar-refractivity contribution in [3.8, 4) is 0 Å². The van der Waals surface area contributed by atoms with Crippen molar-refractivity contribution < 1.29 is 47.8 Å². The number of nitrogens with one attached hydrogen (secondary N) is 2. The second-order valence-corrected chi connectivity index (χ2v) is 18.0.